The van der Waals surface area contributed by atoms with E-state index in [0.717, 1.165) is 0 Å². The lowest BCUT2D eigenvalue weighted by molar-refractivity contribution is -0.150. The fourth-order valence-electron chi connectivity index (χ4n) is 0.551. The molecule has 0 aromatic heterocycles. The van der Waals surface area contributed by atoms with Crippen LogP contribution in [0.4, 0.5) is 0 Å². The maximum absolute atomic E-state index is 10.4. The number of carboxylic acids is 1. The van der Waals surface area contributed by atoms with E-state index in [1.54, 1.807) is 0 Å². The van der Waals surface area contributed by atoms with Crippen molar-refractivity contribution in [1.82, 2.24) is 5.32 Å². The minimum absolute atomic E-state index is 0.0262. The van der Waals surface area contributed by atoms with Gasteiger partial charge in [-0.3, -0.25) is 4.79 Å². The molecule has 4 N–H and O–H groups in total. The van der Waals surface area contributed by atoms with Crippen LogP contribution in [0, 0.1) is 0 Å². The van der Waals surface area contributed by atoms with Gasteiger partial charge in [0, 0.05) is 6.54 Å². The molecule has 0 saturated carbocycles. The van der Waals surface area contributed by atoms with Gasteiger partial charge in [-0.25, -0.2) is 18.4 Å². The highest BCUT2D eigenvalue weighted by Gasteiger charge is 2.09. The Labute approximate surface area is 75.0 Å². The highest BCUT2D eigenvalue weighted by atomic mass is 32.2. The molecule has 0 fully saturated rings. The number of amides is 1. The minimum Gasteiger partial charge on any atom is -0.474 e. The Morgan fingerprint density at radius 2 is 1.92 bits per heavy atom. The molecule has 0 heterocycles. The number of nitrogens with two attached hydrogens (primary N) is 1. The quantitative estimate of drug-likeness (QED) is 0.360. The van der Waals surface area contributed by atoms with Crippen molar-refractivity contribution in [2.24, 2.45) is 5.14 Å². The monoisotopic (exact) mass is 210 g/mol. The van der Waals surface area contributed by atoms with Crippen LogP contribution in [-0.2, 0) is 19.6 Å². The van der Waals surface area contributed by atoms with Gasteiger partial charge in [0.1, 0.15) is 0 Å². The molecule has 0 atom stereocenters. The van der Waals surface area contributed by atoms with Crippen molar-refractivity contribution in [1.29, 1.82) is 0 Å². The van der Waals surface area contributed by atoms with Gasteiger partial charge in [-0.15, -0.1) is 0 Å². The van der Waals surface area contributed by atoms with Crippen LogP contribution in [0.2, 0.25) is 0 Å². The number of carbonyl (C=O) groups is 2. The molecule has 0 aliphatic rings. The van der Waals surface area contributed by atoms with Gasteiger partial charge in [0.05, 0.1) is 5.75 Å². The zero-order valence-corrected chi connectivity index (χ0v) is 7.50. The summed E-state index contributed by atoms with van der Waals surface area (Å²) in [5.41, 5.74) is 0. The van der Waals surface area contributed by atoms with E-state index in [1.807, 2.05) is 5.32 Å². The van der Waals surface area contributed by atoms with Crippen molar-refractivity contribution in [2.45, 2.75) is 6.42 Å². The molecule has 0 radical (unpaired) electrons. The largest absolute Gasteiger partial charge is 0.474 e. The first-order valence-corrected chi connectivity index (χ1v) is 5.06. The molecule has 0 aromatic rings. The molecule has 0 bridgehead atoms. The van der Waals surface area contributed by atoms with E-state index < -0.39 is 21.9 Å². The van der Waals surface area contributed by atoms with E-state index in [0.29, 0.717) is 0 Å². The molecule has 0 spiro atoms. The van der Waals surface area contributed by atoms with Crippen LogP contribution in [0.15, 0.2) is 0 Å². The Morgan fingerprint density at radius 3 is 2.31 bits per heavy atom. The third kappa shape index (κ3) is 7.22. The van der Waals surface area contributed by atoms with Gasteiger partial charge in [0.15, 0.2) is 0 Å². The van der Waals surface area contributed by atoms with Gasteiger partial charge in [-0.05, 0) is 6.42 Å². The molecule has 0 unspecified atom stereocenters. The lowest BCUT2D eigenvalue weighted by Crippen LogP contribution is -2.32. The molecule has 1 amide bonds. The third-order valence-electron chi connectivity index (χ3n) is 1.09. The Hall–Kier alpha value is -1.15. The van der Waals surface area contributed by atoms with E-state index in [9.17, 15) is 18.0 Å². The van der Waals surface area contributed by atoms with E-state index >= 15 is 0 Å². The van der Waals surface area contributed by atoms with Crippen LogP contribution in [0.3, 0.4) is 0 Å². The predicted molar refractivity (Wildman–Crippen MR) is 43.2 cm³/mol. The van der Waals surface area contributed by atoms with Gasteiger partial charge in [-0.2, -0.15) is 0 Å². The summed E-state index contributed by atoms with van der Waals surface area (Å²) in [6, 6.07) is 0. The molecule has 0 rings (SSSR count). The van der Waals surface area contributed by atoms with Gasteiger partial charge in [-0.1, -0.05) is 0 Å². The molecule has 0 aliphatic carbocycles. The van der Waals surface area contributed by atoms with Crippen molar-refractivity contribution in [3.05, 3.63) is 0 Å². The summed E-state index contributed by atoms with van der Waals surface area (Å²) in [6.07, 6.45) is 0.0951. The first kappa shape index (κ1) is 11.8. The van der Waals surface area contributed by atoms with Gasteiger partial charge >= 0.3 is 11.9 Å². The van der Waals surface area contributed by atoms with Crippen molar-refractivity contribution in [3.8, 4) is 0 Å². The highest BCUT2D eigenvalue weighted by molar-refractivity contribution is 7.89. The predicted octanol–water partition coefficient (Wildman–Crippen LogP) is -2.13. The van der Waals surface area contributed by atoms with Crippen molar-refractivity contribution >= 4 is 21.9 Å². The lowest BCUT2D eigenvalue weighted by atomic mass is 10.4. The van der Waals surface area contributed by atoms with Crippen molar-refractivity contribution < 1.29 is 23.1 Å². The normalized spacial score (nSPS) is 10.8. The molecule has 76 valence electrons. The third-order valence-corrected chi connectivity index (χ3v) is 1.94. The second-order valence-electron chi connectivity index (χ2n) is 2.28. The van der Waals surface area contributed by atoms with E-state index in [4.69, 9.17) is 5.11 Å². The van der Waals surface area contributed by atoms with Crippen LogP contribution in [0.5, 0.6) is 0 Å². The average molecular weight is 210 g/mol. The number of carbonyl (C=O) groups excluding carboxylic acids is 1. The molecule has 0 aromatic carbocycles. The summed E-state index contributed by atoms with van der Waals surface area (Å²) in [5.74, 6) is -3.04. The molecule has 0 aliphatic heterocycles. The molecular weight excluding hydrogens is 200 g/mol. The number of rotatable bonds is 4. The summed E-state index contributed by atoms with van der Waals surface area (Å²) < 4.78 is 20.7. The zero-order valence-electron chi connectivity index (χ0n) is 6.69. The molecule has 0 saturated heterocycles. The topological polar surface area (TPSA) is 127 Å². The lowest BCUT2D eigenvalue weighted by Gasteiger charge is -2.00. The Kier molecular flexibility index (Phi) is 4.35. The highest BCUT2D eigenvalue weighted by Crippen LogP contribution is 1.83. The number of sulfonamides is 1. The smallest absolute Gasteiger partial charge is 0.394 e. The molecule has 8 heteroatoms. The first-order chi connectivity index (χ1) is 5.83. The molecular formula is C5H10N2O5S. The first-order valence-electron chi connectivity index (χ1n) is 3.34. The summed E-state index contributed by atoms with van der Waals surface area (Å²) in [7, 11) is -3.54. The standard InChI is InChI=1S/C5H10N2O5S/c6-13(11,12)3-1-2-7-4(8)5(9)10/h1-3H2,(H,7,8)(H,9,10)(H2,6,11,12). The molecule has 7 nitrogen and oxygen atoms in total. The Balaban J connectivity index is 3.59. The van der Waals surface area contributed by atoms with E-state index in [1.165, 1.54) is 0 Å². The number of primary sulfonamides is 1. The molecule has 13 heavy (non-hydrogen) atoms. The van der Waals surface area contributed by atoms with Crippen molar-refractivity contribution in [3.63, 3.8) is 0 Å². The maximum Gasteiger partial charge on any atom is 0.394 e. The fourth-order valence-corrected chi connectivity index (χ4v) is 1.10. The summed E-state index contributed by atoms with van der Waals surface area (Å²) >= 11 is 0. The number of nitrogens with one attached hydrogen (secondary N) is 1. The average Bonchev–Trinajstić information content (AvgIpc) is 1.95. The summed E-state index contributed by atoms with van der Waals surface area (Å²) in [5, 5.41) is 14.7. The van der Waals surface area contributed by atoms with Crippen LogP contribution < -0.4 is 10.5 Å². The van der Waals surface area contributed by atoms with Gasteiger partial charge in [0.25, 0.3) is 0 Å². The van der Waals surface area contributed by atoms with Crippen LogP contribution >= 0.6 is 0 Å². The van der Waals surface area contributed by atoms with Crippen LogP contribution in [0.25, 0.3) is 0 Å². The van der Waals surface area contributed by atoms with Gasteiger partial charge in [0.2, 0.25) is 10.0 Å². The van der Waals surface area contributed by atoms with Crippen molar-refractivity contribution in [2.75, 3.05) is 12.3 Å². The Morgan fingerprint density at radius 1 is 1.38 bits per heavy atom. The van der Waals surface area contributed by atoms with E-state index in [-0.39, 0.29) is 18.7 Å². The zero-order chi connectivity index (χ0) is 10.5. The number of aliphatic carboxylic acids is 1. The van der Waals surface area contributed by atoms with Crippen LogP contribution in [-0.4, -0.2) is 37.7 Å². The van der Waals surface area contributed by atoms with Crippen LogP contribution in [0.1, 0.15) is 6.42 Å². The van der Waals surface area contributed by atoms with E-state index in [2.05, 4.69) is 5.14 Å². The second-order valence-corrected chi connectivity index (χ2v) is 4.02. The number of carboxylic acid groups (broad SMARTS) is 1. The summed E-state index contributed by atoms with van der Waals surface area (Å²) in [4.78, 5) is 20.3. The maximum atomic E-state index is 10.4. The second kappa shape index (κ2) is 4.77. The SMILES string of the molecule is NS(=O)(=O)CCCNC(=O)C(=O)O. The number of hydrogen-bond donors (Lipinski definition) is 3. The minimum atomic E-state index is -3.54. The van der Waals surface area contributed by atoms with Gasteiger partial charge < -0.3 is 10.4 Å². The number of hydrogen-bond acceptors (Lipinski definition) is 4. The summed E-state index contributed by atoms with van der Waals surface area (Å²) in [6.45, 7) is -0.0262. The Bertz CT molecular complexity index is 296. The fraction of sp³-hybridized carbons (Fsp3) is 0.600.